The lowest BCUT2D eigenvalue weighted by atomic mass is 10.2. The van der Waals surface area contributed by atoms with Gasteiger partial charge in [0.1, 0.15) is 5.75 Å². The van der Waals surface area contributed by atoms with Gasteiger partial charge in [-0.3, -0.25) is 20.4 Å². The third kappa shape index (κ3) is 5.77. The largest absolute Gasteiger partial charge is 0.483 e. The molecule has 2 rings (SSSR count). The van der Waals surface area contributed by atoms with Crippen LogP contribution in [0.15, 0.2) is 41.8 Å². The van der Waals surface area contributed by atoms with Crippen molar-refractivity contribution in [3.8, 4) is 5.75 Å². The average molecular weight is 351 g/mol. The molecular weight excluding hydrogens is 336 g/mol. The van der Waals surface area contributed by atoms with Crippen molar-refractivity contribution in [2.45, 2.75) is 6.92 Å². The average Bonchev–Trinajstić information content (AvgIpc) is 3.03. The summed E-state index contributed by atoms with van der Waals surface area (Å²) in [6.07, 6.45) is 3.01. The Morgan fingerprint density at radius 3 is 2.83 bits per heavy atom. The molecule has 0 spiro atoms. The van der Waals surface area contributed by atoms with Crippen LogP contribution in [0.5, 0.6) is 5.75 Å². The molecule has 1 aromatic carbocycles. The van der Waals surface area contributed by atoms with Gasteiger partial charge in [-0.2, -0.15) is 0 Å². The van der Waals surface area contributed by atoms with Crippen LogP contribution in [0.2, 0.25) is 5.02 Å². The molecule has 0 aliphatic rings. The van der Waals surface area contributed by atoms with Crippen LogP contribution in [0, 0.1) is 6.92 Å². The minimum atomic E-state index is -0.461. The molecule has 23 heavy (non-hydrogen) atoms. The normalized spacial score (nSPS) is 10.5. The zero-order valence-electron chi connectivity index (χ0n) is 12.3. The molecule has 0 saturated carbocycles. The summed E-state index contributed by atoms with van der Waals surface area (Å²) >= 11 is 7.36. The molecule has 0 radical (unpaired) electrons. The van der Waals surface area contributed by atoms with Gasteiger partial charge in [-0.15, -0.1) is 11.3 Å². The number of benzene rings is 1. The molecule has 120 valence electrons. The monoisotopic (exact) mass is 350 g/mol. The zero-order valence-corrected chi connectivity index (χ0v) is 13.9. The number of halogens is 1. The number of nitrogens with one attached hydrogen (secondary N) is 2. The van der Waals surface area contributed by atoms with Crippen LogP contribution in [-0.2, 0) is 9.59 Å². The second-order valence-corrected chi connectivity index (χ2v) is 6.00. The van der Waals surface area contributed by atoms with Gasteiger partial charge in [0.05, 0.1) is 0 Å². The van der Waals surface area contributed by atoms with Gasteiger partial charge < -0.3 is 4.74 Å². The second kappa shape index (κ2) is 8.36. The van der Waals surface area contributed by atoms with Crippen molar-refractivity contribution >= 4 is 40.8 Å². The minimum Gasteiger partial charge on any atom is -0.483 e. The lowest BCUT2D eigenvalue weighted by Crippen LogP contribution is -2.43. The van der Waals surface area contributed by atoms with Crippen molar-refractivity contribution in [1.29, 1.82) is 0 Å². The molecule has 0 bridgehead atoms. The van der Waals surface area contributed by atoms with E-state index >= 15 is 0 Å². The SMILES string of the molecule is Cc1cc(Cl)ccc1OCC(=O)NNC(=O)C=Cc1cccs1. The highest BCUT2D eigenvalue weighted by atomic mass is 35.5. The van der Waals surface area contributed by atoms with Gasteiger partial charge in [-0.05, 0) is 48.2 Å². The first-order chi connectivity index (χ1) is 11.0. The molecule has 0 aliphatic carbocycles. The Kier molecular flexibility index (Phi) is 6.19. The van der Waals surface area contributed by atoms with Crippen LogP contribution < -0.4 is 15.6 Å². The summed E-state index contributed by atoms with van der Waals surface area (Å²) < 4.78 is 5.37. The first-order valence-corrected chi connectivity index (χ1v) is 8.00. The number of amides is 2. The third-order valence-electron chi connectivity index (χ3n) is 2.76. The van der Waals surface area contributed by atoms with Crippen LogP contribution >= 0.6 is 22.9 Å². The van der Waals surface area contributed by atoms with Crippen molar-refractivity contribution < 1.29 is 14.3 Å². The first-order valence-electron chi connectivity index (χ1n) is 6.74. The minimum absolute atomic E-state index is 0.211. The predicted octanol–water partition coefficient (Wildman–Crippen LogP) is 2.95. The van der Waals surface area contributed by atoms with Crippen molar-refractivity contribution in [2.75, 3.05) is 6.61 Å². The van der Waals surface area contributed by atoms with E-state index in [-0.39, 0.29) is 6.61 Å². The number of rotatable bonds is 5. The number of ether oxygens (including phenoxy) is 1. The summed E-state index contributed by atoms with van der Waals surface area (Å²) in [7, 11) is 0. The fraction of sp³-hybridized carbons (Fsp3) is 0.125. The van der Waals surface area contributed by atoms with Gasteiger partial charge in [-0.1, -0.05) is 17.7 Å². The van der Waals surface area contributed by atoms with Crippen molar-refractivity contribution in [3.05, 3.63) is 57.3 Å². The maximum Gasteiger partial charge on any atom is 0.276 e. The maximum absolute atomic E-state index is 11.6. The molecule has 0 unspecified atom stereocenters. The Hall–Kier alpha value is -2.31. The van der Waals surface area contributed by atoms with Crippen LogP contribution in [0.25, 0.3) is 6.08 Å². The van der Waals surface area contributed by atoms with Gasteiger partial charge in [-0.25, -0.2) is 0 Å². The Labute approximate surface area is 142 Å². The number of hydrogen-bond donors (Lipinski definition) is 2. The van der Waals surface area contributed by atoms with Gasteiger partial charge in [0, 0.05) is 16.0 Å². The highest BCUT2D eigenvalue weighted by molar-refractivity contribution is 7.10. The Balaban J connectivity index is 1.73. The fourth-order valence-electron chi connectivity index (χ4n) is 1.67. The number of carbonyl (C=O) groups excluding carboxylic acids is 2. The standard InChI is InChI=1S/C16H15ClN2O3S/c1-11-9-12(17)4-6-14(11)22-10-16(21)19-18-15(20)7-5-13-3-2-8-23-13/h2-9H,10H2,1H3,(H,18,20)(H,19,21). The van der Waals surface area contributed by atoms with Crippen molar-refractivity contribution in [2.24, 2.45) is 0 Å². The van der Waals surface area contributed by atoms with Crippen LogP contribution in [-0.4, -0.2) is 18.4 Å². The van der Waals surface area contributed by atoms with Crippen LogP contribution in [0.1, 0.15) is 10.4 Å². The van der Waals surface area contributed by atoms with E-state index in [0.29, 0.717) is 10.8 Å². The number of aryl methyl sites for hydroxylation is 1. The lowest BCUT2D eigenvalue weighted by molar-refractivity contribution is -0.128. The summed E-state index contributed by atoms with van der Waals surface area (Å²) in [5, 5.41) is 2.51. The van der Waals surface area contributed by atoms with Gasteiger partial charge in [0.2, 0.25) is 0 Å². The predicted molar refractivity (Wildman–Crippen MR) is 91.3 cm³/mol. The molecule has 0 saturated heterocycles. The zero-order chi connectivity index (χ0) is 16.7. The van der Waals surface area contributed by atoms with Gasteiger partial charge >= 0.3 is 0 Å². The number of hydrogen-bond acceptors (Lipinski definition) is 4. The summed E-state index contributed by atoms with van der Waals surface area (Å²) in [6, 6.07) is 8.88. The summed E-state index contributed by atoms with van der Waals surface area (Å²) in [5.41, 5.74) is 5.39. The second-order valence-electron chi connectivity index (χ2n) is 4.58. The van der Waals surface area contributed by atoms with Crippen LogP contribution in [0.3, 0.4) is 0 Å². The molecule has 2 aromatic rings. The molecule has 1 heterocycles. The van der Waals surface area contributed by atoms with Crippen molar-refractivity contribution in [3.63, 3.8) is 0 Å². The van der Waals surface area contributed by atoms with E-state index < -0.39 is 11.8 Å². The molecule has 0 aliphatic heterocycles. The molecular formula is C16H15ClN2O3S. The molecule has 2 N–H and O–H groups in total. The number of hydrazine groups is 1. The molecule has 1 aromatic heterocycles. The fourth-order valence-corrected chi connectivity index (χ4v) is 2.52. The summed E-state index contributed by atoms with van der Waals surface area (Å²) in [5.74, 6) is -0.319. The van der Waals surface area contributed by atoms with E-state index in [4.69, 9.17) is 16.3 Å². The van der Waals surface area contributed by atoms with E-state index in [9.17, 15) is 9.59 Å². The number of thiophene rings is 1. The first kappa shape index (κ1) is 17.1. The summed E-state index contributed by atoms with van der Waals surface area (Å²) in [4.78, 5) is 24.1. The van der Waals surface area contributed by atoms with E-state index in [1.165, 1.54) is 17.4 Å². The van der Waals surface area contributed by atoms with E-state index in [0.717, 1.165) is 10.4 Å². The molecule has 2 amide bonds. The molecule has 7 heteroatoms. The Morgan fingerprint density at radius 1 is 1.30 bits per heavy atom. The Morgan fingerprint density at radius 2 is 2.13 bits per heavy atom. The molecule has 5 nitrogen and oxygen atoms in total. The van der Waals surface area contributed by atoms with E-state index in [1.54, 1.807) is 24.3 Å². The summed E-state index contributed by atoms with van der Waals surface area (Å²) in [6.45, 7) is 1.62. The number of carbonyl (C=O) groups is 2. The van der Waals surface area contributed by atoms with Gasteiger partial charge in [0.25, 0.3) is 11.8 Å². The topological polar surface area (TPSA) is 67.4 Å². The smallest absolute Gasteiger partial charge is 0.276 e. The van der Waals surface area contributed by atoms with Crippen molar-refractivity contribution in [1.82, 2.24) is 10.9 Å². The third-order valence-corrected chi connectivity index (χ3v) is 3.84. The van der Waals surface area contributed by atoms with Crippen LogP contribution in [0.4, 0.5) is 0 Å². The molecule has 0 fully saturated rings. The van der Waals surface area contributed by atoms with E-state index in [1.807, 2.05) is 24.4 Å². The Bertz CT molecular complexity index is 714. The molecule has 0 atom stereocenters. The maximum atomic E-state index is 11.6. The lowest BCUT2D eigenvalue weighted by Gasteiger charge is -2.09. The van der Waals surface area contributed by atoms with Gasteiger partial charge in [0.15, 0.2) is 6.61 Å². The van der Waals surface area contributed by atoms with E-state index in [2.05, 4.69) is 10.9 Å². The highest BCUT2D eigenvalue weighted by Crippen LogP contribution is 2.21. The quantitative estimate of drug-likeness (QED) is 0.643. The highest BCUT2D eigenvalue weighted by Gasteiger charge is 2.06.